The molecule has 0 bridgehead atoms. The van der Waals surface area contributed by atoms with Gasteiger partial charge in [0.2, 0.25) is 0 Å². The second-order valence-corrected chi connectivity index (χ2v) is 13.3. The standard InChI is InChI=1S/C40H30Cl2N6O2/c1-25-11-15-27(16-12-25)39(49,29-19-21-35-43-45-37(47(35)23-29)31-7-3-5-9-33(31)41)40(50,28-17-13-26(2)14-18-28)30-20-22-36-44-46-38(48(36)24-30)32-8-4-6-10-34(32)42/h3-24,49-50H,1-2H3. The maximum absolute atomic E-state index is 13.6. The zero-order valence-electron chi connectivity index (χ0n) is 27.0. The molecule has 50 heavy (non-hydrogen) atoms. The Morgan fingerprint density at radius 3 is 1.20 bits per heavy atom. The first-order valence-electron chi connectivity index (χ1n) is 16.0. The number of aliphatic hydroxyl groups is 2. The summed E-state index contributed by atoms with van der Waals surface area (Å²) in [5.41, 5.74) is 1.99. The number of halogens is 2. The van der Waals surface area contributed by atoms with Crippen LogP contribution in [0.3, 0.4) is 0 Å². The number of hydrogen-bond acceptors (Lipinski definition) is 6. The van der Waals surface area contributed by atoms with E-state index >= 15 is 0 Å². The predicted molar refractivity (Wildman–Crippen MR) is 195 cm³/mol. The number of aromatic nitrogens is 6. The van der Waals surface area contributed by atoms with Crippen LogP contribution in [-0.4, -0.2) is 39.4 Å². The Labute approximate surface area is 297 Å². The third-order valence-corrected chi connectivity index (χ3v) is 9.99. The Balaban J connectivity index is 1.44. The molecule has 0 saturated heterocycles. The van der Waals surface area contributed by atoms with E-state index in [9.17, 15) is 10.2 Å². The quantitative estimate of drug-likeness (QED) is 0.174. The van der Waals surface area contributed by atoms with Crippen molar-refractivity contribution < 1.29 is 10.2 Å². The smallest absolute Gasteiger partial charge is 0.169 e. The van der Waals surface area contributed by atoms with Gasteiger partial charge in [0.05, 0.1) is 10.0 Å². The number of hydrogen-bond donors (Lipinski definition) is 2. The molecule has 246 valence electrons. The highest BCUT2D eigenvalue weighted by Crippen LogP contribution is 2.50. The average Bonchev–Trinajstić information content (AvgIpc) is 3.76. The van der Waals surface area contributed by atoms with E-state index < -0.39 is 11.2 Å². The highest BCUT2D eigenvalue weighted by Gasteiger charge is 2.55. The highest BCUT2D eigenvalue weighted by molar-refractivity contribution is 6.33. The molecule has 2 N–H and O–H groups in total. The van der Waals surface area contributed by atoms with Gasteiger partial charge in [-0.05, 0) is 61.4 Å². The molecule has 0 radical (unpaired) electrons. The van der Waals surface area contributed by atoms with E-state index in [1.165, 1.54) is 0 Å². The minimum absolute atomic E-state index is 0.389. The van der Waals surface area contributed by atoms with E-state index in [-0.39, 0.29) is 0 Å². The van der Waals surface area contributed by atoms with Gasteiger partial charge in [0.15, 0.2) is 34.1 Å². The van der Waals surface area contributed by atoms with Gasteiger partial charge in [-0.3, -0.25) is 8.80 Å². The minimum Gasteiger partial charge on any atom is -0.377 e. The van der Waals surface area contributed by atoms with Gasteiger partial charge in [-0.2, -0.15) is 0 Å². The van der Waals surface area contributed by atoms with E-state index in [0.29, 0.717) is 66.4 Å². The summed E-state index contributed by atoms with van der Waals surface area (Å²) < 4.78 is 3.56. The molecule has 0 aliphatic heterocycles. The van der Waals surface area contributed by atoms with Crippen LogP contribution in [0.5, 0.6) is 0 Å². The van der Waals surface area contributed by atoms with E-state index in [0.717, 1.165) is 11.1 Å². The molecule has 0 amide bonds. The van der Waals surface area contributed by atoms with Gasteiger partial charge in [0.1, 0.15) is 0 Å². The van der Waals surface area contributed by atoms with E-state index in [1.807, 2.05) is 98.8 Å². The summed E-state index contributed by atoms with van der Waals surface area (Å²) in [7, 11) is 0. The molecule has 2 atom stereocenters. The first kappa shape index (κ1) is 31.9. The van der Waals surface area contributed by atoms with Crippen molar-refractivity contribution in [1.29, 1.82) is 0 Å². The van der Waals surface area contributed by atoms with Crippen molar-refractivity contribution in [3.05, 3.63) is 177 Å². The topological polar surface area (TPSA) is 101 Å². The molecule has 8 aromatic rings. The Morgan fingerprint density at radius 1 is 0.460 bits per heavy atom. The van der Waals surface area contributed by atoms with Crippen LogP contribution in [-0.2, 0) is 11.2 Å². The number of benzene rings is 4. The Kier molecular flexibility index (Phi) is 7.77. The third kappa shape index (κ3) is 4.99. The first-order chi connectivity index (χ1) is 24.2. The molecule has 0 aliphatic carbocycles. The summed E-state index contributed by atoms with van der Waals surface area (Å²) >= 11 is 13.2. The molecular weight excluding hydrogens is 667 g/mol. The fourth-order valence-corrected chi connectivity index (χ4v) is 7.06. The van der Waals surface area contributed by atoms with Gasteiger partial charge in [-0.1, -0.05) is 119 Å². The Morgan fingerprint density at radius 2 is 0.820 bits per heavy atom. The van der Waals surface area contributed by atoms with E-state index in [2.05, 4.69) is 20.4 Å². The van der Waals surface area contributed by atoms with Crippen molar-refractivity contribution in [2.45, 2.75) is 25.0 Å². The van der Waals surface area contributed by atoms with Gasteiger partial charge in [-0.25, -0.2) is 0 Å². The van der Waals surface area contributed by atoms with Gasteiger partial charge in [-0.15, -0.1) is 20.4 Å². The van der Waals surface area contributed by atoms with Crippen molar-refractivity contribution in [2.24, 2.45) is 0 Å². The number of pyridine rings is 2. The lowest BCUT2D eigenvalue weighted by Gasteiger charge is -2.45. The second-order valence-electron chi connectivity index (χ2n) is 12.5. The normalized spacial score (nSPS) is 14.1. The summed E-state index contributed by atoms with van der Waals surface area (Å²) in [6.45, 7) is 3.95. The monoisotopic (exact) mass is 696 g/mol. The lowest BCUT2D eigenvalue weighted by Crippen LogP contribution is -2.51. The number of nitrogens with zero attached hydrogens (tertiary/aromatic N) is 6. The molecule has 10 heteroatoms. The van der Waals surface area contributed by atoms with Crippen LogP contribution in [0.4, 0.5) is 0 Å². The molecule has 0 aliphatic rings. The largest absolute Gasteiger partial charge is 0.377 e. The summed E-state index contributed by atoms with van der Waals surface area (Å²) in [6.07, 6.45) is 3.53. The van der Waals surface area contributed by atoms with Crippen LogP contribution < -0.4 is 0 Å². The summed E-state index contributed by atoms with van der Waals surface area (Å²) in [5.74, 6) is 0.987. The number of rotatable bonds is 7. The van der Waals surface area contributed by atoms with Crippen LogP contribution in [0.25, 0.3) is 34.1 Å². The fourth-order valence-electron chi connectivity index (χ4n) is 6.62. The van der Waals surface area contributed by atoms with Crippen LogP contribution in [0.1, 0.15) is 33.4 Å². The van der Waals surface area contributed by atoms with E-state index in [1.54, 1.807) is 57.6 Å². The van der Waals surface area contributed by atoms with Gasteiger partial charge in [0.25, 0.3) is 0 Å². The minimum atomic E-state index is -2.08. The lowest BCUT2D eigenvalue weighted by molar-refractivity contribution is -0.113. The molecular formula is C40H30Cl2N6O2. The zero-order valence-corrected chi connectivity index (χ0v) is 28.5. The van der Waals surface area contributed by atoms with Crippen molar-refractivity contribution in [2.75, 3.05) is 0 Å². The van der Waals surface area contributed by atoms with Crippen molar-refractivity contribution in [1.82, 2.24) is 29.2 Å². The molecule has 0 saturated carbocycles. The van der Waals surface area contributed by atoms with E-state index in [4.69, 9.17) is 23.2 Å². The van der Waals surface area contributed by atoms with Crippen LogP contribution in [0.2, 0.25) is 10.0 Å². The van der Waals surface area contributed by atoms with Gasteiger partial charge >= 0.3 is 0 Å². The maximum Gasteiger partial charge on any atom is 0.169 e. The Bertz CT molecular complexity index is 2350. The summed E-state index contributed by atoms with van der Waals surface area (Å²) in [6, 6.07) is 36.9. The fraction of sp³-hybridized carbons (Fsp3) is 0.100. The molecule has 2 unspecified atom stereocenters. The number of aryl methyl sites for hydroxylation is 2. The highest BCUT2D eigenvalue weighted by atomic mass is 35.5. The number of fused-ring (bicyclic) bond motifs is 2. The second kappa shape index (κ2) is 12.2. The van der Waals surface area contributed by atoms with Crippen LogP contribution in [0, 0.1) is 13.8 Å². The zero-order chi connectivity index (χ0) is 34.6. The molecule has 4 aromatic heterocycles. The molecule has 4 heterocycles. The van der Waals surface area contributed by atoms with Gasteiger partial charge < -0.3 is 10.2 Å². The van der Waals surface area contributed by atoms with Crippen LogP contribution >= 0.6 is 23.2 Å². The van der Waals surface area contributed by atoms with Gasteiger partial charge in [0, 0.05) is 34.6 Å². The third-order valence-electron chi connectivity index (χ3n) is 9.33. The molecule has 4 aromatic carbocycles. The van der Waals surface area contributed by atoms with Crippen molar-refractivity contribution in [3.8, 4) is 22.8 Å². The SMILES string of the molecule is Cc1ccc(C(O)(c2ccc3nnc(-c4ccccc4Cl)n3c2)C(O)(c2ccc(C)cc2)c2ccc3nnc(-c4ccccc4Cl)n3c2)cc1. The van der Waals surface area contributed by atoms with Crippen LogP contribution in [0.15, 0.2) is 134 Å². The maximum atomic E-state index is 13.6. The summed E-state index contributed by atoms with van der Waals surface area (Å²) in [5, 5.41) is 45.9. The summed E-state index contributed by atoms with van der Waals surface area (Å²) in [4.78, 5) is 0. The molecule has 0 spiro atoms. The first-order valence-corrected chi connectivity index (χ1v) is 16.7. The van der Waals surface area contributed by atoms with Crippen molar-refractivity contribution in [3.63, 3.8) is 0 Å². The molecule has 8 rings (SSSR count). The lowest BCUT2D eigenvalue weighted by atomic mass is 9.66. The van der Waals surface area contributed by atoms with Crippen molar-refractivity contribution >= 4 is 34.5 Å². The predicted octanol–water partition coefficient (Wildman–Crippen LogP) is 8.20. The molecule has 0 fully saturated rings. The average molecular weight is 698 g/mol. The Hall–Kier alpha value is -5.38. The molecule has 8 nitrogen and oxygen atoms in total.